The van der Waals surface area contributed by atoms with Crippen LogP contribution in [-0.4, -0.2) is 20.5 Å². The molecule has 0 heterocycles. The minimum absolute atomic E-state index is 0.0606. The first-order chi connectivity index (χ1) is 10.4. The van der Waals surface area contributed by atoms with E-state index in [2.05, 4.69) is 6.08 Å². The van der Waals surface area contributed by atoms with Crippen LogP contribution in [0.3, 0.4) is 0 Å². The van der Waals surface area contributed by atoms with E-state index >= 15 is 0 Å². The molecule has 1 aliphatic rings. The number of allylic oxidation sites excluding steroid dienone is 3. The maximum atomic E-state index is 12.1. The van der Waals surface area contributed by atoms with E-state index in [4.69, 9.17) is 0 Å². The van der Waals surface area contributed by atoms with Gasteiger partial charge in [-0.3, -0.25) is 4.79 Å². The highest BCUT2D eigenvalue weighted by molar-refractivity contribution is 8.05. The van der Waals surface area contributed by atoms with E-state index in [0.29, 0.717) is 4.91 Å². The number of hydrogen-bond donors (Lipinski definition) is 0. The Bertz CT molecular complexity index is 714. The maximum Gasteiger partial charge on any atom is 0.180 e. The molecule has 0 saturated carbocycles. The lowest BCUT2D eigenvalue weighted by molar-refractivity contribution is -0.113. The minimum Gasteiger partial charge on any atom is -0.294 e. The van der Waals surface area contributed by atoms with Crippen molar-refractivity contribution in [2.45, 2.75) is 37.5 Å². The van der Waals surface area contributed by atoms with Gasteiger partial charge in [-0.2, -0.15) is 0 Å². The Hall–Kier alpha value is -1.33. The van der Waals surface area contributed by atoms with E-state index < -0.39 is 15.6 Å². The van der Waals surface area contributed by atoms with Crippen molar-refractivity contribution in [3.05, 3.63) is 51.8 Å². The number of Topliss-reactive ketones (excluding diaryl/α,β-unsaturated/α-hetero) is 1. The molecule has 0 aromatic heterocycles. The summed E-state index contributed by atoms with van der Waals surface area (Å²) in [6.45, 7) is 1.32. The van der Waals surface area contributed by atoms with E-state index in [-0.39, 0.29) is 4.91 Å². The molecule has 1 aromatic rings. The van der Waals surface area contributed by atoms with E-state index in [1.807, 2.05) is 30.3 Å². The van der Waals surface area contributed by atoms with Crippen LogP contribution in [0.25, 0.3) is 0 Å². The van der Waals surface area contributed by atoms with Crippen molar-refractivity contribution in [3.63, 3.8) is 0 Å². The fraction of sp³-hybridized carbons (Fsp3) is 0.353. The topological polar surface area (TPSA) is 51.2 Å². The van der Waals surface area contributed by atoms with Gasteiger partial charge in [-0.25, -0.2) is 8.42 Å². The molecule has 5 heteroatoms. The molecule has 0 spiro atoms. The summed E-state index contributed by atoms with van der Waals surface area (Å²) in [6.07, 6.45) is 7.08. The number of rotatable bonds is 5. The third-order valence-corrected chi connectivity index (χ3v) is 5.98. The van der Waals surface area contributed by atoms with Crippen LogP contribution in [-0.2, 0) is 14.6 Å². The van der Waals surface area contributed by atoms with Crippen LogP contribution in [0, 0.1) is 0 Å². The van der Waals surface area contributed by atoms with Crippen LogP contribution in [0.5, 0.6) is 0 Å². The molecule has 0 amide bonds. The molecule has 0 N–H and O–H groups in total. The lowest BCUT2D eigenvalue weighted by atomic mass is 9.99. The maximum absolute atomic E-state index is 12.1. The van der Waals surface area contributed by atoms with Crippen LogP contribution >= 0.6 is 11.8 Å². The van der Waals surface area contributed by atoms with Gasteiger partial charge in [0.1, 0.15) is 4.91 Å². The van der Waals surface area contributed by atoms with Gasteiger partial charge < -0.3 is 0 Å². The molecular weight excluding hydrogens is 316 g/mol. The van der Waals surface area contributed by atoms with Gasteiger partial charge in [-0.1, -0.05) is 36.0 Å². The van der Waals surface area contributed by atoms with Gasteiger partial charge in [-0.15, -0.1) is 0 Å². The summed E-state index contributed by atoms with van der Waals surface area (Å²) in [5.41, 5.74) is 0.982. The first-order valence-electron chi connectivity index (χ1n) is 7.27. The van der Waals surface area contributed by atoms with E-state index in [1.54, 1.807) is 0 Å². The predicted molar refractivity (Wildman–Crippen MR) is 91.4 cm³/mol. The zero-order valence-corrected chi connectivity index (χ0v) is 14.5. The predicted octanol–water partition coefficient (Wildman–Crippen LogP) is 4.12. The largest absolute Gasteiger partial charge is 0.294 e. The highest BCUT2D eigenvalue weighted by Gasteiger charge is 2.25. The molecule has 118 valence electrons. The van der Waals surface area contributed by atoms with Gasteiger partial charge in [-0.05, 0) is 50.3 Å². The van der Waals surface area contributed by atoms with Crippen LogP contribution in [0.2, 0.25) is 0 Å². The molecule has 1 aliphatic carbocycles. The van der Waals surface area contributed by atoms with Crippen molar-refractivity contribution in [1.29, 1.82) is 0 Å². The van der Waals surface area contributed by atoms with Crippen molar-refractivity contribution >= 4 is 27.4 Å². The Kier molecular flexibility index (Phi) is 5.64. The highest BCUT2D eigenvalue weighted by atomic mass is 32.2. The molecule has 3 nitrogen and oxygen atoms in total. The summed E-state index contributed by atoms with van der Waals surface area (Å²) in [4.78, 5) is 13.5. The molecule has 0 fully saturated rings. The number of ketones is 1. The van der Waals surface area contributed by atoms with Gasteiger partial charge >= 0.3 is 0 Å². The monoisotopic (exact) mass is 336 g/mol. The average Bonchev–Trinajstić information content (AvgIpc) is 2.47. The van der Waals surface area contributed by atoms with Crippen LogP contribution in [0.15, 0.2) is 56.7 Å². The normalized spacial score (nSPS) is 16.7. The van der Waals surface area contributed by atoms with Crippen molar-refractivity contribution < 1.29 is 13.2 Å². The molecule has 0 aliphatic heterocycles. The number of hydrogen-bond acceptors (Lipinski definition) is 4. The zero-order valence-electron chi connectivity index (χ0n) is 12.8. The molecule has 0 bridgehead atoms. The van der Waals surface area contributed by atoms with Gasteiger partial charge in [0.15, 0.2) is 15.6 Å². The lowest BCUT2D eigenvalue weighted by Gasteiger charge is -2.18. The summed E-state index contributed by atoms with van der Waals surface area (Å²) in [5.74, 6) is -0.396. The number of benzene rings is 1. The third kappa shape index (κ3) is 4.34. The summed E-state index contributed by atoms with van der Waals surface area (Å²) >= 11 is 1.37. The fourth-order valence-electron chi connectivity index (χ4n) is 2.50. The SMILES string of the molecule is CC(=O)/C(=C(\Sc1ccccc1)C1=CCCCC1)S(C)(=O)=O. The highest BCUT2D eigenvalue weighted by Crippen LogP contribution is 2.39. The fourth-order valence-corrected chi connectivity index (χ4v) is 5.15. The molecule has 0 radical (unpaired) electrons. The summed E-state index contributed by atoms with van der Waals surface area (Å²) in [6, 6.07) is 9.57. The van der Waals surface area contributed by atoms with Gasteiger partial charge in [0, 0.05) is 16.1 Å². The number of carbonyl (C=O) groups is 1. The number of thioether (sulfide) groups is 1. The summed E-state index contributed by atoms with van der Waals surface area (Å²) in [5, 5.41) is 0. The third-order valence-electron chi connectivity index (χ3n) is 3.44. The first kappa shape index (κ1) is 17.0. The van der Waals surface area contributed by atoms with Crippen molar-refractivity contribution in [1.82, 2.24) is 0 Å². The van der Waals surface area contributed by atoms with E-state index in [1.165, 1.54) is 18.7 Å². The smallest absolute Gasteiger partial charge is 0.180 e. The molecule has 0 unspecified atom stereocenters. The first-order valence-corrected chi connectivity index (χ1v) is 9.98. The molecule has 1 aromatic carbocycles. The Morgan fingerprint density at radius 1 is 1.14 bits per heavy atom. The van der Waals surface area contributed by atoms with Crippen LogP contribution < -0.4 is 0 Å². The molecular formula is C17H20O3S2. The van der Waals surface area contributed by atoms with Crippen molar-refractivity contribution in [2.75, 3.05) is 6.26 Å². The Morgan fingerprint density at radius 3 is 2.32 bits per heavy atom. The quantitative estimate of drug-likeness (QED) is 0.599. The minimum atomic E-state index is -3.56. The average molecular weight is 336 g/mol. The Labute approximate surface area is 136 Å². The van der Waals surface area contributed by atoms with Gasteiger partial charge in [0.2, 0.25) is 0 Å². The molecule has 0 saturated heterocycles. The van der Waals surface area contributed by atoms with Gasteiger partial charge in [0.05, 0.1) is 0 Å². The Morgan fingerprint density at radius 2 is 1.82 bits per heavy atom. The van der Waals surface area contributed by atoms with Crippen molar-refractivity contribution in [2.24, 2.45) is 0 Å². The standard InChI is InChI=1S/C17H20O3S2/c1-13(18)17(22(2,19)20)16(14-9-5-3-6-10-14)21-15-11-7-4-8-12-15/h4,7-9,11-12H,3,5-6,10H2,1-2H3/b17-16+. The number of carbonyl (C=O) groups excluding carboxylic acids is 1. The van der Waals surface area contributed by atoms with E-state index in [0.717, 1.165) is 42.4 Å². The second-order valence-electron chi connectivity index (χ2n) is 5.38. The second kappa shape index (κ2) is 7.29. The second-order valence-corrected chi connectivity index (χ2v) is 8.41. The Balaban J connectivity index is 2.58. The van der Waals surface area contributed by atoms with Crippen LogP contribution in [0.4, 0.5) is 0 Å². The van der Waals surface area contributed by atoms with Crippen LogP contribution in [0.1, 0.15) is 32.6 Å². The summed E-state index contributed by atoms with van der Waals surface area (Å²) in [7, 11) is -3.56. The molecule has 2 rings (SSSR count). The summed E-state index contributed by atoms with van der Waals surface area (Å²) < 4.78 is 24.3. The van der Waals surface area contributed by atoms with E-state index in [9.17, 15) is 13.2 Å². The lowest BCUT2D eigenvalue weighted by Crippen LogP contribution is -2.13. The number of sulfone groups is 1. The molecule has 22 heavy (non-hydrogen) atoms. The molecule has 0 atom stereocenters. The van der Waals surface area contributed by atoms with Gasteiger partial charge in [0.25, 0.3) is 0 Å². The zero-order chi connectivity index (χ0) is 16.2. The van der Waals surface area contributed by atoms with Crippen molar-refractivity contribution in [3.8, 4) is 0 Å².